The number of benzene rings is 2. The molecule has 0 fully saturated rings. The summed E-state index contributed by atoms with van der Waals surface area (Å²) in [6.45, 7) is 3.61. The van der Waals surface area contributed by atoms with Crippen molar-refractivity contribution in [3.8, 4) is 17.2 Å². The molecule has 0 saturated carbocycles. The smallest absolute Gasteiger partial charge is 0.311 e. The largest absolute Gasteiger partial charge is 0.502 e. The number of hydrazone groups is 1. The average molecular weight is 428 g/mol. The van der Waals surface area contributed by atoms with Gasteiger partial charge in [-0.05, 0) is 36.2 Å². The normalized spacial score (nSPS) is 13.3. The summed E-state index contributed by atoms with van der Waals surface area (Å²) in [6, 6.07) is 7.50. The number of amides is 2. The fourth-order valence-corrected chi connectivity index (χ4v) is 2.80. The highest BCUT2D eigenvalue weighted by molar-refractivity contribution is 5.98. The molecule has 1 atom stereocenters. The fraction of sp³-hybridized carbons (Fsp3) is 0.250. The highest BCUT2D eigenvalue weighted by Gasteiger charge is 2.25. The number of hydrogen-bond acceptors (Lipinski definition) is 8. The van der Waals surface area contributed by atoms with Gasteiger partial charge in [0.1, 0.15) is 6.04 Å². The Hall–Kier alpha value is -4.15. The lowest BCUT2D eigenvalue weighted by molar-refractivity contribution is -0.385. The Morgan fingerprint density at radius 2 is 1.94 bits per heavy atom. The van der Waals surface area contributed by atoms with Crippen molar-refractivity contribution in [1.82, 2.24) is 10.7 Å². The lowest BCUT2D eigenvalue weighted by atomic mass is 10.0. The first-order valence-electron chi connectivity index (χ1n) is 9.27. The number of nitro groups is 1. The van der Waals surface area contributed by atoms with Crippen molar-refractivity contribution in [3.05, 3.63) is 57.6 Å². The summed E-state index contributed by atoms with van der Waals surface area (Å²) in [7, 11) is 0. The fourth-order valence-electron chi connectivity index (χ4n) is 2.80. The van der Waals surface area contributed by atoms with Crippen LogP contribution >= 0.6 is 0 Å². The van der Waals surface area contributed by atoms with E-state index in [2.05, 4.69) is 15.8 Å². The van der Waals surface area contributed by atoms with E-state index in [1.165, 1.54) is 18.3 Å². The van der Waals surface area contributed by atoms with Gasteiger partial charge in [-0.25, -0.2) is 5.43 Å². The van der Waals surface area contributed by atoms with Gasteiger partial charge in [0.05, 0.1) is 11.1 Å². The first kappa shape index (κ1) is 21.6. The van der Waals surface area contributed by atoms with Crippen LogP contribution in [-0.4, -0.2) is 40.9 Å². The highest BCUT2D eigenvalue weighted by Crippen LogP contribution is 2.32. The van der Waals surface area contributed by atoms with Crippen molar-refractivity contribution < 1.29 is 29.1 Å². The van der Waals surface area contributed by atoms with Crippen LogP contribution in [0.25, 0.3) is 0 Å². The molecule has 31 heavy (non-hydrogen) atoms. The summed E-state index contributed by atoms with van der Waals surface area (Å²) in [4.78, 5) is 35.3. The molecule has 0 radical (unpaired) electrons. The highest BCUT2D eigenvalue weighted by atomic mass is 16.7. The maximum Gasteiger partial charge on any atom is 0.311 e. The molecule has 0 saturated heterocycles. The van der Waals surface area contributed by atoms with Gasteiger partial charge in [-0.15, -0.1) is 0 Å². The van der Waals surface area contributed by atoms with Crippen LogP contribution < -0.4 is 20.2 Å². The minimum absolute atomic E-state index is 0.0830. The van der Waals surface area contributed by atoms with Crippen LogP contribution in [0.4, 0.5) is 5.69 Å². The molecule has 1 unspecified atom stereocenters. The Balaban J connectivity index is 1.65. The van der Waals surface area contributed by atoms with Crippen molar-refractivity contribution in [3.63, 3.8) is 0 Å². The summed E-state index contributed by atoms with van der Waals surface area (Å²) in [5, 5.41) is 26.8. The summed E-state index contributed by atoms with van der Waals surface area (Å²) < 4.78 is 10.5. The van der Waals surface area contributed by atoms with Gasteiger partial charge in [0.15, 0.2) is 17.2 Å². The van der Waals surface area contributed by atoms with E-state index in [9.17, 15) is 24.8 Å². The minimum Gasteiger partial charge on any atom is -0.502 e. The molecule has 3 rings (SSSR count). The molecule has 0 bridgehead atoms. The monoisotopic (exact) mass is 428 g/mol. The Morgan fingerprint density at radius 3 is 2.65 bits per heavy atom. The van der Waals surface area contributed by atoms with Crippen molar-refractivity contribution >= 4 is 23.7 Å². The van der Waals surface area contributed by atoms with Crippen LogP contribution in [0.5, 0.6) is 17.2 Å². The zero-order valence-corrected chi connectivity index (χ0v) is 16.7. The number of hydrogen-bond donors (Lipinski definition) is 3. The number of phenolic OH excluding ortho intramolecular Hbond substituents is 1. The molecular weight excluding hydrogens is 408 g/mol. The number of carbonyl (C=O) groups is 2. The van der Waals surface area contributed by atoms with Gasteiger partial charge in [0.2, 0.25) is 6.79 Å². The molecule has 1 heterocycles. The third-order valence-electron chi connectivity index (χ3n) is 4.46. The van der Waals surface area contributed by atoms with Gasteiger partial charge in [-0.3, -0.25) is 19.7 Å². The molecule has 2 amide bonds. The third kappa shape index (κ3) is 5.07. The maximum atomic E-state index is 12.6. The van der Waals surface area contributed by atoms with E-state index in [4.69, 9.17) is 9.47 Å². The molecule has 1 aliphatic heterocycles. The van der Waals surface area contributed by atoms with E-state index in [1.54, 1.807) is 26.0 Å². The van der Waals surface area contributed by atoms with E-state index in [0.717, 1.165) is 12.1 Å². The number of carbonyl (C=O) groups excluding carboxylic acids is 2. The number of nitrogens with zero attached hydrogens (tertiary/aromatic N) is 2. The van der Waals surface area contributed by atoms with Gasteiger partial charge >= 0.3 is 5.69 Å². The van der Waals surface area contributed by atoms with E-state index in [1.807, 2.05) is 0 Å². The quantitative estimate of drug-likeness (QED) is 0.346. The lowest BCUT2D eigenvalue weighted by Crippen LogP contribution is -2.48. The molecular formula is C20H20N4O7. The van der Waals surface area contributed by atoms with Crippen molar-refractivity contribution in [2.24, 2.45) is 11.0 Å². The summed E-state index contributed by atoms with van der Waals surface area (Å²) in [5.74, 6) is -0.761. The van der Waals surface area contributed by atoms with Crippen molar-refractivity contribution in [1.29, 1.82) is 0 Å². The number of ether oxygens (including phenoxy) is 2. The Morgan fingerprint density at radius 1 is 1.19 bits per heavy atom. The van der Waals surface area contributed by atoms with E-state index < -0.39 is 34.2 Å². The molecule has 2 aromatic carbocycles. The molecule has 0 aliphatic carbocycles. The molecule has 0 aromatic heterocycles. The predicted molar refractivity (Wildman–Crippen MR) is 109 cm³/mol. The number of aromatic hydroxyl groups is 1. The second-order valence-electron chi connectivity index (χ2n) is 7.00. The van der Waals surface area contributed by atoms with E-state index in [0.29, 0.717) is 22.6 Å². The summed E-state index contributed by atoms with van der Waals surface area (Å²) in [6.07, 6.45) is 1.20. The standard InChI is InChI=1S/C20H20N4O7/c1-11(2)18(22-19(26)13-4-6-16-17(8-13)31-10-30-16)20(27)23-21-9-12-3-5-15(25)14(7-12)24(28)29/h3-9,11,18,25H,10H2,1-2H3,(H,22,26)(H,23,27). The molecule has 3 N–H and O–H groups in total. The van der Waals surface area contributed by atoms with E-state index in [-0.39, 0.29) is 12.7 Å². The lowest BCUT2D eigenvalue weighted by Gasteiger charge is -2.20. The van der Waals surface area contributed by atoms with Crippen LogP contribution in [0.2, 0.25) is 0 Å². The molecule has 11 nitrogen and oxygen atoms in total. The maximum absolute atomic E-state index is 12.6. The van der Waals surface area contributed by atoms with Gasteiger partial charge in [-0.1, -0.05) is 13.8 Å². The third-order valence-corrected chi connectivity index (χ3v) is 4.46. The molecule has 0 spiro atoms. The number of nitrogens with one attached hydrogen (secondary N) is 2. The zero-order valence-electron chi connectivity index (χ0n) is 16.7. The summed E-state index contributed by atoms with van der Waals surface area (Å²) >= 11 is 0. The molecule has 1 aliphatic rings. The number of nitro benzene ring substituents is 1. The minimum atomic E-state index is -0.885. The molecule has 11 heteroatoms. The number of fused-ring (bicyclic) bond motifs is 1. The molecule has 162 valence electrons. The van der Waals surface area contributed by atoms with Crippen molar-refractivity contribution in [2.45, 2.75) is 19.9 Å². The average Bonchev–Trinajstić information content (AvgIpc) is 3.20. The first-order valence-corrected chi connectivity index (χ1v) is 9.27. The summed E-state index contributed by atoms with van der Waals surface area (Å²) in [5.41, 5.74) is 2.44. The number of rotatable bonds is 7. The Kier molecular flexibility index (Phi) is 6.34. The van der Waals surface area contributed by atoms with Crippen LogP contribution in [0, 0.1) is 16.0 Å². The first-order chi connectivity index (χ1) is 14.8. The Labute approximate surface area is 176 Å². The SMILES string of the molecule is CC(C)C(NC(=O)c1ccc2c(c1)OCO2)C(=O)NN=Cc1ccc(O)c([N+](=O)[O-])c1. The second kappa shape index (κ2) is 9.11. The van der Waals surface area contributed by atoms with Crippen LogP contribution in [0.1, 0.15) is 29.8 Å². The zero-order chi connectivity index (χ0) is 22.5. The predicted octanol–water partition coefficient (Wildman–Crippen LogP) is 1.93. The van der Waals surface area contributed by atoms with Crippen LogP contribution in [-0.2, 0) is 4.79 Å². The Bertz CT molecular complexity index is 1050. The topological polar surface area (TPSA) is 152 Å². The van der Waals surface area contributed by atoms with Crippen LogP contribution in [0.15, 0.2) is 41.5 Å². The van der Waals surface area contributed by atoms with Crippen molar-refractivity contribution in [2.75, 3.05) is 6.79 Å². The van der Waals surface area contributed by atoms with E-state index >= 15 is 0 Å². The number of phenols is 1. The van der Waals surface area contributed by atoms with Gasteiger partial charge in [0.25, 0.3) is 11.8 Å². The van der Waals surface area contributed by atoms with Gasteiger partial charge in [0, 0.05) is 17.2 Å². The van der Waals surface area contributed by atoms with Gasteiger partial charge in [-0.2, -0.15) is 5.10 Å². The van der Waals surface area contributed by atoms with Gasteiger partial charge < -0.3 is 19.9 Å². The van der Waals surface area contributed by atoms with Crippen LogP contribution in [0.3, 0.4) is 0 Å². The second-order valence-corrected chi connectivity index (χ2v) is 7.00. The molecule has 2 aromatic rings.